The van der Waals surface area contributed by atoms with Crippen molar-refractivity contribution in [3.63, 3.8) is 0 Å². The molecule has 0 radical (unpaired) electrons. The van der Waals surface area contributed by atoms with Crippen LogP contribution in [-0.4, -0.2) is 22.9 Å². The second kappa shape index (κ2) is 6.64. The Balaban J connectivity index is 1.80. The summed E-state index contributed by atoms with van der Waals surface area (Å²) in [4.78, 5) is 0. The van der Waals surface area contributed by atoms with Gasteiger partial charge in [-0.3, -0.25) is 0 Å². The van der Waals surface area contributed by atoms with Gasteiger partial charge in [0.1, 0.15) is 17.3 Å². The largest absolute Gasteiger partial charge is 0.492 e. The van der Waals surface area contributed by atoms with Gasteiger partial charge in [0, 0.05) is 17.7 Å². The van der Waals surface area contributed by atoms with E-state index >= 15 is 0 Å². The number of halogens is 3. The number of ether oxygens (including phenoxy) is 1. The van der Waals surface area contributed by atoms with Crippen LogP contribution < -0.4 is 10.1 Å². The third-order valence-corrected chi connectivity index (χ3v) is 4.53. The second-order valence-electron chi connectivity index (χ2n) is 6.24. The molecule has 0 fully saturated rings. The van der Waals surface area contributed by atoms with E-state index < -0.39 is 11.7 Å². The molecule has 0 spiro atoms. The zero-order valence-electron chi connectivity index (χ0n) is 14.7. The van der Waals surface area contributed by atoms with E-state index in [1.54, 1.807) is 4.68 Å². The molecular formula is C20H18F3N3O. The van der Waals surface area contributed by atoms with Crippen LogP contribution in [0.15, 0.2) is 48.5 Å². The number of hydrogen-bond donors (Lipinski definition) is 1. The molecular weight excluding hydrogens is 355 g/mol. The number of nitrogens with zero attached hydrogens (tertiary/aromatic N) is 2. The van der Waals surface area contributed by atoms with E-state index in [-0.39, 0.29) is 0 Å². The molecule has 1 aliphatic heterocycles. The molecule has 3 aromatic rings. The van der Waals surface area contributed by atoms with Gasteiger partial charge in [-0.05, 0) is 37.6 Å². The molecule has 0 amide bonds. The lowest BCUT2D eigenvalue weighted by atomic mass is 10.0. The Kier molecular flexibility index (Phi) is 4.30. The molecule has 0 bridgehead atoms. The van der Waals surface area contributed by atoms with Gasteiger partial charge >= 0.3 is 6.18 Å². The number of para-hydroxylation sites is 2. The molecule has 140 valence electrons. The third kappa shape index (κ3) is 3.13. The normalized spacial score (nSPS) is 13.3. The van der Waals surface area contributed by atoms with E-state index in [9.17, 15) is 13.2 Å². The first-order valence-corrected chi connectivity index (χ1v) is 8.74. The molecule has 0 saturated heterocycles. The zero-order valence-corrected chi connectivity index (χ0v) is 14.7. The van der Waals surface area contributed by atoms with Crippen LogP contribution in [0.2, 0.25) is 0 Å². The fourth-order valence-electron chi connectivity index (χ4n) is 3.31. The average molecular weight is 373 g/mol. The Labute approximate surface area is 154 Å². The Morgan fingerprint density at radius 1 is 1.11 bits per heavy atom. The quantitative estimate of drug-likeness (QED) is 0.705. The number of anilines is 1. The molecule has 0 saturated carbocycles. The number of nitrogens with one attached hydrogen (secondary N) is 1. The van der Waals surface area contributed by atoms with Crippen LogP contribution in [0.4, 0.5) is 19.0 Å². The summed E-state index contributed by atoms with van der Waals surface area (Å²) in [6.45, 7) is 3.20. The molecule has 1 aromatic heterocycles. The third-order valence-electron chi connectivity index (χ3n) is 4.53. The summed E-state index contributed by atoms with van der Waals surface area (Å²) in [5.74, 6) is 1.56. The Bertz CT molecular complexity index is 962. The van der Waals surface area contributed by atoms with Gasteiger partial charge in [-0.1, -0.05) is 24.3 Å². The summed E-state index contributed by atoms with van der Waals surface area (Å²) < 4.78 is 46.0. The SMILES string of the molecule is CCOc1ccccc1-n1nc(-c2ccc(C(F)(F)F)cc2)c2c1NCC2. The van der Waals surface area contributed by atoms with E-state index in [0.29, 0.717) is 23.6 Å². The van der Waals surface area contributed by atoms with Gasteiger partial charge in [-0.2, -0.15) is 18.3 Å². The lowest BCUT2D eigenvalue weighted by Crippen LogP contribution is -2.06. The monoisotopic (exact) mass is 373 g/mol. The minimum absolute atomic E-state index is 0.527. The highest BCUT2D eigenvalue weighted by Crippen LogP contribution is 2.37. The van der Waals surface area contributed by atoms with Crippen LogP contribution in [0.5, 0.6) is 5.75 Å². The molecule has 27 heavy (non-hydrogen) atoms. The fourth-order valence-corrected chi connectivity index (χ4v) is 3.31. The van der Waals surface area contributed by atoms with Crippen LogP contribution in [0.25, 0.3) is 16.9 Å². The van der Waals surface area contributed by atoms with Crippen molar-refractivity contribution >= 4 is 5.82 Å². The van der Waals surface area contributed by atoms with Crippen molar-refractivity contribution in [1.29, 1.82) is 0 Å². The van der Waals surface area contributed by atoms with Gasteiger partial charge in [0.05, 0.1) is 17.9 Å². The van der Waals surface area contributed by atoms with Crippen molar-refractivity contribution in [2.75, 3.05) is 18.5 Å². The summed E-state index contributed by atoms with van der Waals surface area (Å²) in [6.07, 6.45) is -3.58. The molecule has 1 aliphatic rings. The van der Waals surface area contributed by atoms with E-state index in [2.05, 4.69) is 5.32 Å². The summed E-state index contributed by atoms with van der Waals surface area (Å²) >= 11 is 0. The van der Waals surface area contributed by atoms with Crippen LogP contribution in [0, 0.1) is 0 Å². The van der Waals surface area contributed by atoms with Crippen molar-refractivity contribution in [2.24, 2.45) is 0 Å². The molecule has 7 heteroatoms. The van der Waals surface area contributed by atoms with E-state index in [1.807, 2.05) is 31.2 Å². The number of alkyl halides is 3. The molecule has 4 nitrogen and oxygen atoms in total. The number of fused-ring (bicyclic) bond motifs is 1. The van der Waals surface area contributed by atoms with Crippen molar-refractivity contribution in [2.45, 2.75) is 19.5 Å². The minimum Gasteiger partial charge on any atom is -0.492 e. The fraction of sp³-hybridized carbons (Fsp3) is 0.250. The number of hydrogen-bond acceptors (Lipinski definition) is 3. The lowest BCUT2D eigenvalue weighted by Gasteiger charge is -2.12. The van der Waals surface area contributed by atoms with Crippen LogP contribution >= 0.6 is 0 Å². The molecule has 2 aromatic carbocycles. The smallest absolute Gasteiger partial charge is 0.416 e. The molecule has 4 rings (SSSR count). The summed E-state index contributed by atoms with van der Waals surface area (Å²) in [7, 11) is 0. The minimum atomic E-state index is -4.35. The van der Waals surface area contributed by atoms with E-state index in [4.69, 9.17) is 9.84 Å². The van der Waals surface area contributed by atoms with Crippen molar-refractivity contribution in [3.05, 3.63) is 59.7 Å². The zero-order chi connectivity index (χ0) is 19.0. The maximum Gasteiger partial charge on any atom is 0.416 e. The van der Waals surface area contributed by atoms with Crippen molar-refractivity contribution in [1.82, 2.24) is 9.78 Å². The Hall–Kier alpha value is -2.96. The maximum absolute atomic E-state index is 12.8. The van der Waals surface area contributed by atoms with Gasteiger partial charge in [0.2, 0.25) is 0 Å². The van der Waals surface area contributed by atoms with Gasteiger partial charge in [-0.25, -0.2) is 4.68 Å². The first-order chi connectivity index (χ1) is 13.0. The van der Waals surface area contributed by atoms with Crippen molar-refractivity contribution < 1.29 is 17.9 Å². The molecule has 0 unspecified atom stereocenters. The Morgan fingerprint density at radius 3 is 2.56 bits per heavy atom. The number of rotatable bonds is 4. The first-order valence-electron chi connectivity index (χ1n) is 8.74. The molecule has 0 atom stereocenters. The Morgan fingerprint density at radius 2 is 1.85 bits per heavy atom. The standard InChI is InChI=1S/C20H18F3N3O/c1-2-27-17-6-4-3-5-16(17)26-19-15(11-12-24-19)18(25-26)13-7-9-14(10-8-13)20(21,22)23/h3-10,24H,2,11-12H2,1H3. The molecule has 1 N–H and O–H groups in total. The highest BCUT2D eigenvalue weighted by atomic mass is 19.4. The second-order valence-corrected chi connectivity index (χ2v) is 6.24. The van der Waals surface area contributed by atoms with E-state index in [0.717, 1.165) is 42.2 Å². The predicted octanol–water partition coefficient (Wildman–Crippen LogP) is 4.92. The van der Waals surface area contributed by atoms with Gasteiger partial charge in [-0.15, -0.1) is 0 Å². The highest BCUT2D eigenvalue weighted by molar-refractivity contribution is 5.73. The molecule has 2 heterocycles. The number of benzene rings is 2. The predicted molar refractivity (Wildman–Crippen MR) is 97.4 cm³/mol. The summed E-state index contributed by atoms with van der Waals surface area (Å²) in [5.41, 5.74) is 2.48. The lowest BCUT2D eigenvalue weighted by molar-refractivity contribution is -0.137. The summed E-state index contributed by atoms with van der Waals surface area (Å²) in [6, 6.07) is 12.7. The van der Waals surface area contributed by atoms with Gasteiger partial charge in [0.15, 0.2) is 0 Å². The highest BCUT2D eigenvalue weighted by Gasteiger charge is 2.31. The van der Waals surface area contributed by atoms with E-state index in [1.165, 1.54) is 12.1 Å². The van der Waals surface area contributed by atoms with Crippen molar-refractivity contribution in [3.8, 4) is 22.7 Å². The maximum atomic E-state index is 12.8. The van der Waals surface area contributed by atoms with Crippen LogP contribution in [0.3, 0.4) is 0 Å². The van der Waals surface area contributed by atoms with Gasteiger partial charge in [0.25, 0.3) is 0 Å². The number of aromatic nitrogens is 2. The van der Waals surface area contributed by atoms with Crippen LogP contribution in [-0.2, 0) is 12.6 Å². The summed E-state index contributed by atoms with van der Waals surface area (Å²) in [5, 5.41) is 8.03. The first kappa shape index (κ1) is 17.5. The topological polar surface area (TPSA) is 39.1 Å². The molecule has 0 aliphatic carbocycles. The van der Waals surface area contributed by atoms with Crippen LogP contribution in [0.1, 0.15) is 18.1 Å². The van der Waals surface area contributed by atoms with Gasteiger partial charge < -0.3 is 10.1 Å². The average Bonchev–Trinajstić information content (AvgIpc) is 3.25.